The Morgan fingerprint density at radius 2 is 2.00 bits per heavy atom. The molecule has 98 valence electrons. The Balaban J connectivity index is 2.13. The first-order valence-electron chi connectivity index (χ1n) is 6.23. The van der Waals surface area contributed by atoms with Crippen LogP contribution in [0.4, 0.5) is 0 Å². The third-order valence-corrected chi connectivity index (χ3v) is 2.78. The molecule has 1 atom stereocenters. The highest BCUT2D eigenvalue weighted by Gasteiger charge is 2.35. The number of carboxylic acids is 1. The first-order chi connectivity index (χ1) is 8.00. The summed E-state index contributed by atoms with van der Waals surface area (Å²) in [5.74, 6) is -0.141. The Kier molecular flexibility index (Phi) is 5.41. The molecule has 1 rings (SSSR count). The Morgan fingerprint density at radius 1 is 1.35 bits per heavy atom. The maximum Gasteiger partial charge on any atom is 0.320 e. The van der Waals surface area contributed by atoms with Crippen molar-refractivity contribution in [2.45, 2.75) is 39.2 Å². The Labute approximate surface area is 102 Å². The topological polar surface area (TPSA) is 78.4 Å². The van der Waals surface area contributed by atoms with Crippen molar-refractivity contribution in [2.24, 2.45) is 11.8 Å². The molecule has 1 fully saturated rings. The van der Waals surface area contributed by atoms with Crippen LogP contribution < -0.4 is 10.6 Å². The molecule has 0 aromatic carbocycles. The minimum atomic E-state index is -0.810. The highest BCUT2D eigenvalue weighted by atomic mass is 16.4. The molecule has 0 aromatic rings. The van der Waals surface area contributed by atoms with Gasteiger partial charge in [-0.15, -0.1) is 0 Å². The molecule has 0 heterocycles. The molecule has 5 heteroatoms. The minimum absolute atomic E-state index is 0.0221. The molecule has 3 N–H and O–H groups in total. The SMILES string of the molecule is CC(C)CNC(=O)CCNC(C(=O)O)C1CC1. The second-order valence-corrected chi connectivity index (χ2v) is 5.06. The van der Waals surface area contributed by atoms with Gasteiger partial charge in [-0.05, 0) is 24.7 Å². The van der Waals surface area contributed by atoms with Gasteiger partial charge in [0.25, 0.3) is 0 Å². The van der Waals surface area contributed by atoms with E-state index >= 15 is 0 Å². The summed E-state index contributed by atoms with van der Waals surface area (Å²) in [7, 11) is 0. The summed E-state index contributed by atoms with van der Waals surface area (Å²) in [6.07, 6.45) is 2.29. The standard InChI is InChI=1S/C12H22N2O3/c1-8(2)7-14-10(15)5-6-13-11(12(16)17)9-3-4-9/h8-9,11,13H,3-7H2,1-2H3,(H,14,15)(H,16,17). The van der Waals surface area contributed by atoms with Gasteiger partial charge in [0.2, 0.25) is 5.91 Å². The number of hydrogen-bond donors (Lipinski definition) is 3. The summed E-state index contributed by atoms with van der Waals surface area (Å²) in [6, 6.07) is -0.479. The summed E-state index contributed by atoms with van der Waals surface area (Å²) in [5, 5.41) is 14.7. The van der Waals surface area contributed by atoms with Gasteiger partial charge in [0.05, 0.1) is 0 Å². The monoisotopic (exact) mass is 242 g/mol. The first-order valence-corrected chi connectivity index (χ1v) is 6.23. The molecule has 0 spiro atoms. The van der Waals surface area contributed by atoms with Crippen LogP contribution in [0.3, 0.4) is 0 Å². The van der Waals surface area contributed by atoms with Crippen LogP contribution in [0.1, 0.15) is 33.1 Å². The van der Waals surface area contributed by atoms with E-state index in [1.54, 1.807) is 0 Å². The van der Waals surface area contributed by atoms with Gasteiger partial charge in [-0.3, -0.25) is 9.59 Å². The molecular weight excluding hydrogens is 220 g/mol. The third-order valence-electron chi connectivity index (χ3n) is 2.78. The van der Waals surface area contributed by atoms with Crippen LogP contribution >= 0.6 is 0 Å². The minimum Gasteiger partial charge on any atom is -0.480 e. The quantitative estimate of drug-likeness (QED) is 0.582. The van der Waals surface area contributed by atoms with E-state index < -0.39 is 12.0 Å². The lowest BCUT2D eigenvalue weighted by molar-refractivity contribution is -0.140. The second-order valence-electron chi connectivity index (χ2n) is 5.06. The number of nitrogens with one attached hydrogen (secondary N) is 2. The van der Waals surface area contributed by atoms with Gasteiger partial charge in [-0.25, -0.2) is 0 Å². The van der Waals surface area contributed by atoms with Crippen LogP contribution in [0.5, 0.6) is 0 Å². The molecule has 1 saturated carbocycles. The van der Waals surface area contributed by atoms with E-state index in [1.165, 1.54) is 0 Å². The van der Waals surface area contributed by atoms with Gasteiger partial charge in [-0.1, -0.05) is 13.8 Å². The second kappa shape index (κ2) is 6.59. The van der Waals surface area contributed by atoms with E-state index in [-0.39, 0.29) is 11.8 Å². The van der Waals surface area contributed by atoms with Gasteiger partial charge in [0.1, 0.15) is 6.04 Å². The van der Waals surface area contributed by atoms with Crippen LogP contribution in [0.2, 0.25) is 0 Å². The molecular formula is C12H22N2O3. The summed E-state index contributed by atoms with van der Waals surface area (Å²) in [4.78, 5) is 22.3. The number of carboxylic acid groups (broad SMARTS) is 1. The van der Waals surface area contributed by atoms with Crippen molar-refractivity contribution in [1.82, 2.24) is 10.6 Å². The predicted octanol–water partition coefficient (Wildman–Crippen LogP) is 0.601. The molecule has 1 aliphatic rings. The fourth-order valence-corrected chi connectivity index (χ4v) is 1.63. The fraction of sp³-hybridized carbons (Fsp3) is 0.833. The molecule has 0 bridgehead atoms. The molecule has 5 nitrogen and oxygen atoms in total. The zero-order valence-corrected chi connectivity index (χ0v) is 10.5. The zero-order valence-electron chi connectivity index (χ0n) is 10.5. The fourth-order valence-electron chi connectivity index (χ4n) is 1.63. The van der Waals surface area contributed by atoms with Gasteiger partial charge in [0.15, 0.2) is 0 Å². The van der Waals surface area contributed by atoms with Crippen molar-refractivity contribution in [3.8, 4) is 0 Å². The molecule has 0 aromatic heterocycles. The van der Waals surface area contributed by atoms with Crippen LogP contribution in [0.15, 0.2) is 0 Å². The van der Waals surface area contributed by atoms with Crippen molar-refractivity contribution < 1.29 is 14.7 Å². The van der Waals surface area contributed by atoms with E-state index in [0.717, 1.165) is 12.8 Å². The Hall–Kier alpha value is -1.10. The van der Waals surface area contributed by atoms with Gasteiger partial charge in [-0.2, -0.15) is 0 Å². The molecule has 1 amide bonds. The molecule has 17 heavy (non-hydrogen) atoms. The molecule has 1 unspecified atom stereocenters. The maximum absolute atomic E-state index is 11.4. The average molecular weight is 242 g/mol. The van der Waals surface area contributed by atoms with Crippen LogP contribution in [0.25, 0.3) is 0 Å². The summed E-state index contributed by atoms with van der Waals surface area (Å²) in [6.45, 7) is 5.17. The largest absolute Gasteiger partial charge is 0.480 e. The highest BCUT2D eigenvalue weighted by Crippen LogP contribution is 2.32. The van der Waals surface area contributed by atoms with Crippen molar-refractivity contribution in [2.75, 3.05) is 13.1 Å². The predicted molar refractivity (Wildman–Crippen MR) is 64.6 cm³/mol. The summed E-state index contributed by atoms with van der Waals surface area (Å²) in [5.41, 5.74) is 0. The van der Waals surface area contributed by atoms with Crippen LogP contribution in [0, 0.1) is 11.8 Å². The lowest BCUT2D eigenvalue weighted by Gasteiger charge is -2.13. The number of carbonyl (C=O) groups is 2. The van der Waals surface area contributed by atoms with Gasteiger partial charge in [0, 0.05) is 19.5 Å². The number of amides is 1. The van der Waals surface area contributed by atoms with Gasteiger partial charge >= 0.3 is 5.97 Å². The first kappa shape index (κ1) is 14.0. The number of carbonyl (C=O) groups excluding carboxylic acids is 1. The van der Waals surface area contributed by atoms with E-state index in [0.29, 0.717) is 25.4 Å². The molecule has 0 saturated heterocycles. The van der Waals surface area contributed by atoms with E-state index in [2.05, 4.69) is 10.6 Å². The molecule has 1 aliphatic carbocycles. The average Bonchev–Trinajstić information content (AvgIpc) is 3.04. The lowest BCUT2D eigenvalue weighted by Crippen LogP contribution is -2.40. The van der Waals surface area contributed by atoms with E-state index in [1.807, 2.05) is 13.8 Å². The van der Waals surface area contributed by atoms with Crippen molar-refractivity contribution in [1.29, 1.82) is 0 Å². The Morgan fingerprint density at radius 3 is 2.47 bits per heavy atom. The summed E-state index contributed by atoms with van der Waals surface area (Å²) >= 11 is 0. The highest BCUT2D eigenvalue weighted by molar-refractivity contribution is 5.76. The van der Waals surface area contributed by atoms with Crippen molar-refractivity contribution in [3.63, 3.8) is 0 Å². The van der Waals surface area contributed by atoms with Gasteiger partial charge < -0.3 is 15.7 Å². The maximum atomic E-state index is 11.4. The summed E-state index contributed by atoms with van der Waals surface area (Å²) < 4.78 is 0. The normalized spacial score (nSPS) is 16.9. The number of hydrogen-bond acceptors (Lipinski definition) is 3. The van der Waals surface area contributed by atoms with E-state index in [4.69, 9.17) is 5.11 Å². The zero-order chi connectivity index (χ0) is 12.8. The Bertz CT molecular complexity index is 275. The molecule has 0 aliphatic heterocycles. The number of aliphatic carboxylic acids is 1. The van der Waals surface area contributed by atoms with Crippen LogP contribution in [-0.2, 0) is 9.59 Å². The lowest BCUT2D eigenvalue weighted by atomic mass is 10.2. The molecule has 0 radical (unpaired) electrons. The van der Waals surface area contributed by atoms with Crippen LogP contribution in [-0.4, -0.2) is 36.1 Å². The third kappa shape index (κ3) is 5.68. The van der Waals surface area contributed by atoms with Crippen molar-refractivity contribution >= 4 is 11.9 Å². The number of rotatable bonds is 8. The van der Waals surface area contributed by atoms with Crippen molar-refractivity contribution in [3.05, 3.63) is 0 Å². The van der Waals surface area contributed by atoms with E-state index in [9.17, 15) is 9.59 Å². The smallest absolute Gasteiger partial charge is 0.320 e.